The van der Waals surface area contributed by atoms with Crippen LogP contribution in [0.4, 0.5) is 11.4 Å². The summed E-state index contributed by atoms with van der Waals surface area (Å²) < 4.78 is 7.05. The van der Waals surface area contributed by atoms with Crippen molar-refractivity contribution in [1.82, 2.24) is 14.9 Å². The lowest BCUT2D eigenvalue weighted by atomic mass is 9.96. The second-order valence-corrected chi connectivity index (χ2v) is 8.82. The van der Waals surface area contributed by atoms with E-state index in [0.717, 1.165) is 28.3 Å². The minimum Gasteiger partial charge on any atom is -0.375 e. The Kier molecular flexibility index (Phi) is 6.69. The van der Waals surface area contributed by atoms with Gasteiger partial charge in [0.05, 0.1) is 28.5 Å². The van der Waals surface area contributed by atoms with Gasteiger partial charge in [-0.15, -0.1) is 0 Å². The number of pyridine rings is 1. The SMILES string of the molecule is COCC(=O)Nc1ccc(N2C(=S)N[C@@H](c3ccccn3)[C@@H]2c2cc(C)n(C)c2C)cc1Cl. The van der Waals surface area contributed by atoms with Gasteiger partial charge in [-0.1, -0.05) is 17.7 Å². The first-order chi connectivity index (χ1) is 15.8. The minimum atomic E-state index is -0.269. The number of aromatic nitrogens is 2. The maximum absolute atomic E-state index is 11.9. The fourth-order valence-electron chi connectivity index (χ4n) is 4.21. The number of ether oxygens (including phenoxy) is 1. The number of carbonyl (C=O) groups is 1. The van der Waals surface area contributed by atoms with E-state index in [1.807, 2.05) is 30.3 Å². The normalized spacial score (nSPS) is 17.8. The van der Waals surface area contributed by atoms with Crippen molar-refractivity contribution in [2.24, 2.45) is 7.05 Å². The lowest BCUT2D eigenvalue weighted by Gasteiger charge is -2.28. The van der Waals surface area contributed by atoms with E-state index in [9.17, 15) is 4.79 Å². The molecule has 2 N–H and O–H groups in total. The van der Waals surface area contributed by atoms with E-state index < -0.39 is 0 Å². The molecule has 0 bridgehead atoms. The van der Waals surface area contributed by atoms with Gasteiger partial charge in [-0.25, -0.2) is 0 Å². The van der Waals surface area contributed by atoms with E-state index in [1.165, 1.54) is 7.11 Å². The zero-order valence-corrected chi connectivity index (χ0v) is 20.5. The number of benzene rings is 1. The highest BCUT2D eigenvalue weighted by molar-refractivity contribution is 7.80. The molecule has 1 saturated heterocycles. The Bertz CT molecular complexity index is 1200. The summed E-state index contributed by atoms with van der Waals surface area (Å²) in [6.45, 7) is 4.16. The summed E-state index contributed by atoms with van der Waals surface area (Å²) in [5, 5.41) is 7.23. The zero-order chi connectivity index (χ0) is 23.7. The van der Waals surface area contributed by atoms with Gasteiger partial charge in [0.2, 0.25) is 5.91 Å². The van der Waals surface area contributed by atoms with Gasteiger partial charge in [0.1, 0.15) is 6.61 Å². The summed E-state index contributed by atoms with van der Waals surface area (Å²) >= 11 is 12.3. The lowest BCUT2D eigenvalue weighted by molar-refractivity contribution is -0.119. The predicted molar refractivity (Wildman–Crippen MR) is 135 cm³/mol. The Hall–Kier alpha value is -2.94. The number of thiocarbonyl (C=S) groups is 1. The van der Waals surface area contributed by atoms with Gasteiger partial charge >= 0.3 is 0 Å². The second kappa shape index (κ2) is 9.51. The molecule has 0 aliphatic carbocycles. The van der Waals surface area contributed by atoms with Crippen LogP contribution in [-0.4, -0.2) is 34.3 Å². The number of rotatable bonds is 6. The summed E-state index contributed by atoms with van der Waals surface area (Å²) in [7, 11) is 3.53. The van der Waals surface area contributed by atoms with E-state index in [0.29, 0.717) is 15.8 Å². The lowest BCUT2D eigenvalue weighted by Crippen LogP contribution is -2.29. The number of nitrogens with one attached hydrogen (secondary N) is 2. The van der Waals surface area contributed by atoms with Crippen molar-refractivity contribution in [2.75, 3.05) is 23.9 Å². The average Bonchev–Trinajstić information content (AvgIpc) is 3.27. The van der Waals surface area contributed by atoms with Crippen LogP contribution in [0.25, 0.3) is 0 Å². The number of hydrogen-bond donors (Lipinski definition) is 2. The predicted octanol–water partition coefficient (Wildman–Crippen LogP) is 4.45. The zero-order valence-electron chi connectivity index (χ0n) is 18.9. The molecule has 33 heavy (non-hydrogen) atoms. The van der Waals surface area contributed by atoms with Crippen LogP contribution in [0.2, 0.25) is 5.02 Å². The number of aryl methyl sites for hydroxylation is 1. The highest BCUT2D eigenvalue weighted by Crippen LogP contribution is 2.44. The van der Waals surface area contributed by atoms with Crippen molar-refractivity contribution in [3.8, 4) is 0 Å². The van der Waals surface area contributed by atoms with Crippen molar-refractivity contribution >= 4 is 46.2 Å². The van der Waals surface area contributed by atoms with Crippen LogP contribution in [-0.2, 0) is 16.6 Å². The molecule has 7 nitrogen and oxygen atoms in total. The standard InChI is InChI=1S/C24H26ClN5O2S/c1-14-11-17(15(2)29(14)3)23-22(20-7-5-6-10-26-20)28-24(33)30(23)16-8-9-19(18(25)12-16)27-21(31)13-32-4/h5-12,22-23H,13H2,1-4H3,(H,27,31)(H,28,33)/t22-,23-/m0/s1. The first kappa shape index (κ1) is 23.2. The first-order valence-electron chi connectivity index (χ1n) is 10.5. The molecule has 172 valence electrons. The molecule has 4 rings (SSSR count). The summed E-state index contributed by atoms with van der Waals surface area (Å²) in [4.78, 5) is 18.6. The highest BCUT2D eigenvalue weighted by Gasteiger charge is 2.42. The largest absolute Gasteiger partial charge is 0.375 e. The van der Waals surface area contributed by atoms with Crippen LogP contribution in [0.1, 0.15) is 34.7 Å². The highest BCUT2D eigenvalue weighted by atomic mass is 35.5. The fraction of sp³-hybridized carbons (Fsp3) is 0.292. The smallest absolute Gasteiger partial charge is 0.250 e. The summed E-state index contributed by atoms with van der Waals surface area (Å²) in [6.07, 6.45) is 1.79. The van der Waals surface area contributed by atoms with Crippen molar-refractivity contribution in [1.29, 1.82) is 0 Å². The molecule has 2 aromatic heterocycles. The van der Waals surface area contributed by atoms with Crippen molar-refractivity contribution in [3.63, 3.8) is 0 Å². The number of methoxy groups -OCH3 is 1. The molecule has 0 saturated carbocycles. The Labute approximate surface area is 203 Å². The minimum absolute atomic E-state index is 0.0430. The fourth-order valence-corrected chi connectivity index (χ4v) is 4.77. The maximum atomic E-state index is 11.9. The molecule has 1 aliphatic heterocycles. The van der Waals surface area contributed by atoms with Crippen LogP contribution < -0.4 is 15.5 Å². The number of amides is 1. The van der Waals surface area contributed by atoms with E-state index in [1.54, 1.807) is 12.3 Å². The Morgan fingerprint density at radius 1 is 1.27 bits per heavy atom. The van der Waals surface area contributed by atoms with Gasteiger partial charge < -0.3 is 24.8 Å². The molecule has 2 atom stereocenters. The second-order valence-electron chi connectivity index (χ2n) is 8.03. The number of carbonyl (C=O) groups excluding carboxylic acids is 1. The molecule has 1 amide bonds. The third kappa shape index (κ3) is 4.46. The molecule has 1 aliphatic rings. The van der Waals surface area contributed by atoms with Gasteiger partial charge in [0.25, 0.3) is 0 Å². The summed E-state index contributed by atoms with van der Waals surface area (Å²) in [5.41, 5.74) is 5.73. The first-order valence-corrected chi connectivity index (χ1v) is 11.3. The summed E-state index contributed by atoms with van der Waals surface area (Å²) in [6, 6.07) is 13.3. The molecule has 0 spiro atoms. The number of hydrogen-bond acceptors (Lipinski definition) is 4. The van der Waals surface area contributed by atoms with Gasteiger partial charge in [-0.05, 0) is 68.0 Å². The molecule has 1 aromatic carbocycles. The van der Waals surface area contributed by atoms with E-state index in [2.05, 4.69) is 52.0 Å². The molecule has 0 unspecified atom stereocenters. The van der Waals surface area contributed by atoms with Crippen LogP contribution in [0, 0.1) is 13.8 Å². The third-order valence-corrected chi connectivity index (χ3v) is 6.64. The van der Waals surface area contributed by atoms with Crippen molar-refractivity contribution < 1.29 is 9.53 Å². The van der Waals surface area contributed by atoms with E-state index in [4.69, 9.17) is 28.6 Å². The molecular formula is C24H26ClN5O2S. The van der Waals surface area contributed by atoms with Crippen molar-refractivity contribution in [2.45, 2.75) is 25.9 Å². The summed E-state index contributed by atoms with van der Waals surface area (Å²) in [5.74, 6) is -0.269. The van der Waals surface area contributed by atoms with Crippen LogP contribution in [0.15, 0.2) is 48.7 Å². The molecule has 1 fully saturated rings. The number of anilines is 2. The molecule has 3 aromatic rings. The molecule has 9 heteroatoms. The van der Waals surface area contributed by atoms with E-state index in [-0.39, 0.29) is 24.6 Å². The van der Waals surface area contributed by atoms with Gasteiger partial charge in [-0.2, -0.15) is 0 Å². The number of halogens is 1. The van der Waals surface area contributed by atoms with Gasteiger partial charge in [0.15, 0.2) is 5.11 Å². The van der Waals surface area contributed by atoms with Gasteiger partial charge in [0, 0.05) is 37.4 Å². The van der Waals surface area contributed by atoms with E-state index >= 15 is 0 Å². The van der Waals surface area contributed by atoms with Crippen LogP contribution >= 0.6 is 23.8 Å². The Balaban J connectivity index is 1.77. The topological polar surface area (TPSA) is 71.4 Å². The van der Waals surface area contributed by atoms with Crippen LogP contribution in [0.5, 0.6) is 0 Å². The van der Waals surface area contributed by atoms with Crippen LogP contribution in [0.3, 0.4) is 0 Å². The maximum Gasteiger partial charge on any atom is 0.250 e. The monoisotopic (exact) mass is 483 g/mol. The quantitative estimate of drug-likeness (QED) is 0.505. The average molecular weight is 484 g/mol. The molecule has 0 radical (unpaired) electrons. The third-order valence-electron chi connectivity index (χ3n) is 6.01. The van der Waals surface area contributed by atoms with Gasteiger partial charge in [-0.3, -0.25) is 9.78 Å². The van der Waals surface area contributed by atoms with Crippen molar-refractivity contribution in [3.05, 3.63) is 76.3 Å². The molecular weight excluding hydrogens is 458 g/mol. The Morgan fingerprint density at radius 3 is 2.67 bits per heavy atom. The number of nitrogens with zero attached hydrogens (tertiary/aromatic N) is 3. The Morgan fingerprint density at radius 2 is 2.06 bits per heavy atom. The molecule has 3 heterocycles.